The van der Waals surface area contributed by atoms with E-state index in [1.165, 1.54) is 0 Å². The van der Waals surface area contributed by atoms with Crippen LogP contribution in [0.3, 0.4) is 0 Å². The largest absolute Gasteiger partial charge is 0.454 e. The van der Waals surface area contributed by atoms with Gasteiger partial charge in [0.25, 0.3) is 0 Å². The van der Waals surface area contributed by atoms with Gasteiger partial charge < -0.3 is 20.2 Å². The summed E-state index contributed by atoms with van der Waals surface area (Å²) >= 11 is 0. The molecule has 0 bridgehead atoms. The van der Waals surface area contributed by atoms with Gasteiger partial charge in [0.2, 0.25) is 6.79 Å². The number of hydrogen-bond donors (Lipinski definition) is 2. The topological polar surface area (TPSA) is 73.2 Å². The second-order valence-electron chi connectivity index (χ2n) is 3.11. The van der Waals surface area contributed by atoms with Crippen molar-refractivity contribution >= 4 is 35.8 Å². The van der Waals surface area contributed by atoms with Crippen LogP contribution in [-0.4, -0.2) is 16.8 Å². The Balaban J connectivity index is 0.000000640. The summed E-state index contributed by atoms with van der Waals surface area (Å²) in [6, 6.07) is 3.73. The number of nitrogens with one attached hydrogen (secondary N) is 1. The first-order chi connectivity index (χ1) is 6.86. The monoisotopic (exact) mass is 263 g/mol. The Morgan fingerprint density at radius 3 is 2.62 bits per heavy atom. The van der Waals surface area contributed by atoms with Gasteiger partial charge in [-0.15, -0.1) is 24.8 Å². The normalized spacial score (nSPS) is 12.1. The number of imidazole rings is 1. The van der Waals surface area contributed by atoms with Crippen molar-refractivity contribution in [3.63, 3.8) is 0 Å². The number of benzene rings is 1. The van der Waals surface area contributed by atoms with Crippen LogP contribution < -0.4 is 15.2 Å². The first-order valence-corrected chi connectivity index (χ1v) is 4.35. The lowest BCUT2D eigenvalue weighted by Crippen LogP contribution is -1.97. The summed E-state index contributed by atoms with van der Waals surface area (Å²) in [5.74, 6) is 2.26. The number of fused-ring (bicyclic) bond motifs is 2. The smallest absolute Gasteiger partial charge is 0.231 e. The Bertz CT molecular complexity index is 460. The molecule has 7 heteroatoms. The van der Waals surface area contributed by atoms with E-state index < -0.39 is 0 Å². The van der Waals surface area contributed by atoms with Gasteiger partial charge in [0, 0.05) is 12.1 Å². The molecule has 5 nitrogen and oxygen atoms in total. The molecule has 3 rings (SSSR count). The molecular weight excluding hydrogens is 253 g/mol. The van der Waals surface area contributed by atoms with Crippen molar-refractivity contribution in [2.75, 3.05) is 6.79 Å². The van der Waals surface area contributed by atoms with Crippen LogP contribution in [0.4, 0.5) is 0 Å². The molecule has 0 atom stereocenters. The molecule has 16 heavy (non-hydrogen) atoms. The Morgan fingerprint density at radius 2 is 1.94 bits per heavy atom. The van der Waals surface area contributed by atoms with Crippen molar-refractivity contribution < 1.29 is 9.47 Å². The highest BCUT2D eigenvalue weighted by atomic mass is 35.5. The second-order valence-corrected chi connectivity index (χ2v) is 3.11. The summed E-state index contributed by atoms with van der Waals surface area (Å²) in [5.41, 5.74) is 7.26. The summed E-state index contributed by atoms with van der Waals surface area (Å²) in [5, 5.41) is 0. The number of rotatable bonds is 1. The van der Waals surface area contributed by atoms with Crippen LogP contribution in [0.5, 0.6) is 11.5 Å². The molecule has 1 aromatic carbocycles. The highest BCUT2D eigenvalue weighted by molar-refractivity contribution is 5.85. The maximum atomic E-state index is 5.48. The number of H-pyrrole nitrogens is 1. The molecule has 0 saturated heterocycles. The molecule has 0 spiro atoms. The maximum Gasteiger partial charge on any atom is 0.231 e. The van der Waals surface area contributed by atoms with Crippen molar-refractivity contribution in [3.05, 3.63) is 18.0 Å². The first-order valence-electron chi connectivity index (χ1n) is 4.35. The predicted molar refractivity (Wildman–Crippen MR) is 64.6 cm³/mol. The molecule has 0 amide bonds. The summed E-state index contributed by atoms with van der Waals surface area (Å²) in [6.07, 6.45) is 0. The summed E-state index contributed by atoms with van der Waals surface area (Å²) in [7, 11) is 0. The van der Waals surface area contributed by atoms with Gasteiger partial charge in [-0.1, -0.05) is 0 Å². The highest BCUT2D eigenvalue weighted by Crippen LogP contribution is 2.35. The quantitative estimate of drug-likeness (QED) is 0.820. The van der Waals surface area contributed by atoms with Crippen molar-refractivity contribution in [3.8, 4) is 11.5 Å². The molecular formula is C9H11Cl2N3O2. The SMILES string of the molecule is Cl.Cl.NCc1nc2cc3c(cc2[nH]1)OCO3. The molecule has 1 aromatic heterocycles. The van der Waals surface area contributed by atoms with Gasteiger partial charge in [0.05, 0.1) is 17.6 Å². The molecule has 0 aliphatic carbocycles. The summed E-state index contributed by atoms with van der Waals surface area (Å²) < 4.78 is 10.5. The van der Waals surface area contributed by atoms with Crippen LogP contribution >= 0.6 is 24.8 Å². The zero-order chi connectivity index (χ0) is 9.54. The third-order valence-corrected chi connectivity index (χ3v) is 2.22. The van der Waals surface area contributed by atoms with E-state index in [0.29, 0.717) is 6.54 Å². The zero-order valence-corrected chi connectivity index (χ0v) is 9.86. The second kappa shape index (κ2) is 4.78. The van der Waals surface area contributed by atoms with Crippen LogP contribution in [-0.2, 0) is 6.54 Å². The number of nitrogens with two attached hydrogens (primary N) is 1. The van der Waals surface area contributed by atoms with Gasteiger partial charge >= 0.3 is 0 Å². The van der Waals surface area contributed by atoms with Gasteiger partial charge in [0.15, 0.2) is 11.5 Å². The molecule has 0 unspecified atom stereocenters. The van der Waals surface area contributed by atoms with E-state index in [2.05, 4.69) is 9.97 Å². The van der Waals surface area contributed by atoms with Gasteiger partial charge in [-0.3, -0.25) is 0 Å². The predicted octanol–water partition coefficient (Wildman–Crippen LogP) is 1.59. The standard InChI is InChI=1S/C9H9N3O2.2ClH/c10-3-9-11-5-1-7-8(14-4-13-7)2-6(5)12-9;;/h1-2H,3-4,10H2,(H,11,12);2*1H. The zero-order valence-electron chi connectivity index (χ0n) is 8.23. The van der Waals surface area contributed by atoms with E-state index in [1.54, 1.807) is 0 Å². The van der Waals surface area contributed by atoms with Gasteiger partial charge in [-0.05, 0) is 0 Å². The van der Waals surface area contributed by atoms with Gasteiger partial charge in [0.1, 0.15) is 5.82 Å². The number of hydrogen-bond acceptors (Lipinski definition) is 4. The molecule has 2 aromatic rings. The lowest BCUT2D eigenvalue weighted by atomic mass is 10.3. The van der Waals surface area contributed by atoms with E-state index in [0.717, 1.165) is 28.4 Å². The Kier molecular flexibility index (Phi) is 3.85. The minimum Gasteiger partial charge on any atom is -0.454 e. The summed E-state index contributed by atoms with van der Waals surface area (Å²) in [6.45, 7) is 0.687. The third kappa shape index (κ3) is 1.89. The van der Waals surface area contributed by atoms with E-state index in [-0.39, 0.29) is 31.6 Å². The Hall–Kier alpha value is -1.17. The van der Waals surface area contributed by atoms with Crippen LogP contribution in [0.2, 0.25) is 0 Å². The lowest BCUT2D eigenvalue weighted by Gasteiger charge is -1.93. The highest BCUT2D eigenvalue weighted by Gasteiger charge is 2.15. The van der Waals surface area contributed by atoms with Crippen molar-refractivity contribution in [2.24, 2.45) is 5.73 Å². The summed E-state index contributed by atoms with van der Waals surface area (Å²) in [4.78, 5) is 7.40. The van der Waals surface area contributed by atoms with Crippen molar-refractivity contribution in [1.82, 2.24) is 9.97 Å². The van der Waals surface area contributed by atoms with Crippen LogP contribution in [0.25, 0.3) is 11.0 Å². The number of ether oxygens (including phenoxy) is 2. The van der Waals surface area contributed by atoms with Crippen LogP contribution in [0.1, 0.15) is 5.82 Å². The van der Waals surface area contributed by atoms with Crippen LogP contribution in [0.15, 0.2) is 12.1 Å². The minimum atomic E-state index is 0. The third-order valence-electron chi connectivity index (χ3n) is 2.22. The lowest BCUT2D eigenvalue weighted by molar-refractivity contribution is 0.174. The number of halogens is 2. The van der Waals surface area contributed by atoms with E-state index in [9.17, 15) is 0 Å². The molecule has 2 heterocycles. The fourth-order valence-corrected chi connectivity index (χ4v) is 1.55. The minimum absolute atomic E-state index is 0. The fraction of sp³-hybridized carbons (Fsp3) is 0.222. The maximum absolute atomic E-state index is 5.48. The number of nitrogens with zero attached hydrogens (tertiary/aromatic N) is 1. The number of aromatic nitrogens is 2. The van der Waals surface area contributed by atoms with Gasteiger partial charge in [-0.2, -0.15) is 0 Å². The van der Waals surface area contributed by atoms with E-state index >= 15 is 0 Å². The van der Waals surface area contributed by atoms with Crippen molar-refractivity contribution in [2.45, 2.75) is 6.54 Å². The van der Waals surface area contributed by atoms with Crippen LogP contribution in [0, 0.1) is 0 Å². The average molecular weight is 264 g/mol. The molecule has 88 valence electrons. The molecule has 1 aliphatic rings. The molecule has 0 radical (unpaired) electrons. The Labute approximate surface area is 104 Å². The number of aromatic amines is 1. The molecule has 0 saturated carbocycles. The average Bonchev–Trinajstić information content (AvgIpc) is 2.77. The molecule has 3 N–H and O–H groups in total. The van der Waals surface area contributed by atoms with E-state index in [1.807, 2.05) is 12.1 Å². The fourth-order valence-electron chi connectivity index (χ4n) is 1.55. The van der Waals surface area contributed by atoms with Gasteiger partial charge in [-0.25, -0.2) is 4.98 Å². The molecule has 1 aliphatic heterocycles. The molecule has 0 fully saturated rings. The first kappa shape index (κ1) is 12.9. The van der Waals surface area contributed by atoms with Crippen molar-refractivity contribution in [1.29, 1.82) is 0 Å². The Morgan fingerprint density at radius 1 is 1.25 bits per heavy atom. The van der Waals surface area contributed by atoms with E-state index in [4.69, 9.17) is 15.2 Å².